The first-order valence-electron chi connectivity index (χ1n) is 8.07. The van der Waals surface area contributed by atoms with Gasteiger partial charge in [-0.3, -0.25) is 19.0 Å². The molecule has 0 aliphatic rings. The average Bonchev–Trinajstić information content (AvgIpc) is 2.96. The van der Waals surface area contributed by atoms with E-state index in [0.29, 0.717) is 26.3 Å². The van der Waals surface area contributed by atoms with Crippen LogP contribution >= 0.6 is 11.3 Å². The van der Waals surface area contributed by atoms with E-state index >= 15 is 0 Å². The number of hydrogen-bond donors (Lipinski definition) is 2. The molecule has 8 heteroatoms. The number of nitrogens with one attached hydrogen (secondary N) is 1. The van der Waals surface area contributed by atoms with Crippen LogP contribution in [0.15, 0.2) is 35.4 Å². The first-order chi connectivity index (χ1) is 12.4. The smallest absolute Gasteiger partial charge is 0.262 e. The van der Waals surface area contributed by atoms with Gasteiger partial charge in [0, 0.05) is 5.69 Å². The van der Waals surface area contributed by atoms with Crippen LogP contribution in [-0.2, 0) is 17.8 Å². The van der Waals surface area contributed by atoms with Crippen LogP contribution in [0.4, 0.5) is 5.69 Å². The van der Waals surface area contributed by atoms with Crippen molar-refractivity contribution in [3.63, 3.8) is 0 Å². The lowest BCUT2D eigenvalue weighted by Crippen LogP contribution is -2.28. The lowest BCUT2D eigenvalue weighted by molar-refractivity contribution is -0.116. The second kappa shape index (κ2) is 7.09. The number of thiophene rings is 1. The molecule has 0 saturated carbocycles. The molecule has 0 radical (unpaired) electrons. The van der Waals surface area contributed by atoms with Gasteiger partial charge in [-0.15, -0.1) is 11.3 Å². The Morgan fingerprint density at radius 2 is 1.96 bits per heavy atom. The molecule has 2 amide bonds. The molecule has 2 aromatic heterocycles. The second-order valence-corrected chi connectivity index (χ2v) is 6.88. The van der Waals surface area contributed by atoms with Crippen LogP contribution < -0.4 is 16.6 Å². The van der Waals surface area contributed by atoms with Gasteiger partial charge in [-0.2, -0.15) is 0 Å². The Hall–Kier alpha value is -3.00. The van der Waals surface area contributed by atoms with Crippen molar-refractivity contribution in [1.82, 2.24) is 9.55 Å². The van der Waals surface area contributed by atoms with Crippen molar-refractivity contribution in [3.05, 3.63) is 57.0 Å². The van der Waals surface area contributed by atoms with Crippen LogP contribution in [0.1, 0.15) is 27.7 Å². The molecule has 0 bridgehead atoms. The molecular formula is C18H18N4O3S. The highest BCUT2D eigenvalue weighted by molar-refractivity contribution is 7.20. The normalized spacial score (nSPS) is 10.8. The highest BCUT2D eigenvalue weighted by Crippen LogP contribution is 2.26. The third kappa shape index (κ3) is 3.36. The van der Waals surface area contributed by atoms with E-state index in [1.165, 1.54) is 16.5 Å². The Kier molecular flexibility index (Phi) is 4.85. The van der Waals surface area contributed by atoms with Gasteiger partial charge in [-0.05, 0) is 36.6 Å². The highest BCUT2D eigenvalue weighted by atomic mass is 32.1. The number of aryl methyl sites for hydroxylation is 2. The number of nitrogens with zero attached hydrogens (tertiary/aromatic N) is 2. The molecule has 1 aromatic carbocycles. The first-order valence-corrected chi connectivity index (χ1v) is 8.89. The van der Waals surface area contributed by atoms with Gasteiger partial charge in [0.1, 0.15) is 11.4 Å². The molecular weight excluding hydrogens is 352 g/mol. The molecule has 0 spiro atoms. The van der Waals surface area contributed by atoms with E-state index in [0.717, 1.165) is 17.8 Å². The quantitative estimate of drug-likeness (QED) is 0.717. The Morgan fingerprint density at radius 1 is 1.27 bits per heavy atom. The zero-order chi connectivity index (χ0) is 18.8. The molecule has 3 N–H and O–H groups in total. The minimum absolute atomic E-state index is 0.168. The third-order valence-corrected chi connectivity index (χ3v) is 5.32. The lowest BCUT2D eigenvalue weighted by Gasteiger charge is -2.08. The van der Waals surface area contributed by atoms with Gasteiger partial charge >= 0.3 is 0 Å². The SMILES string of the molecule is CCc1ccc(NC(=O)Cn2cnc3sc(C(N)=O)c(C)c3c2=O)cc1. The zero-order valence-electron chi connectivity index (χ0n) is 14.4. The Labute approximate surface area is 153 Å². The predicted molar refractivity (Wildman–Crippen MR) is 102 cm³/mol. The summed E-state index contributed by atoms with van der Waals surface area (Å²) in [4.78, 5) is 41.3. The highest BCUT2D eigenvalue weighted by Gasteiger charge is 2.18. The Morgan fingerprint density at radius 3 is 2.58 bits per heavy atom. The first kappa shape index (κ1) is 17.8. The summed E-state index contributed by atoms with van der Waals surface area (Å²) >= 11 is 1.08. The number of amides is 2. The van der Waals surface area contributed by atoms with Gasteiger partial charge in [0.15, 0.2) is 0 Å². The minimum Gasteiger partial charge on any atom is -0.365 e. The van der Waals surface area contributed by atoms with Crippen LogP contribution in [0.3, 0.4) is 0 Å². The zero-order valence-corrected chi connectivity index (χ0v) is 15.2. The molecule has 134 valence electrons. The summed E-state index contributed by atoms with van der Waals surface area (Å²) in [6.45, 7) is 3.54. The summed E-state index contributed by atoms with van der Waals surface area (Å²) in [5.74, 6) is -0.926. The number of nitrogens with two attached hydrogens (primary N) is 1. The molecule has 2 heterocycles. The number of benzene rings is 1. The molecule has 0 atom stereocenters. The monoisotopic (exact) mass is 370 g/mol. The topological polar surface area (TPSA) is 107 Å². The maximum absolute atomic E-state index is 12.7. The van der Waals surface area contributed by atoms with Crippen LogP contribution in [-0.4, -0.2) is 21.4 Å². The van der Waals surface area contributed by atoms with Crippen LogP contribution in [0, 0.1) is 6.92 Å². The fourth-order valence-corrected chi connectivity index (χ4v) is 3.68. The third-order valence-electron chi connectivity index (χ3n) is 4.10. The average molecular weight is 370 g/mol. The number of carbonyl (C=O) groups excluding carboxylic acids is 2. The maximum atomic E-state index is 12.7. The molecule has 0 aliphatic carbocycles. The largest absolute Gasteiger partial charge is 0.365 e. The molecule has 0 fully saturated rings. The number of rotatable bonds is 5. The van der Waals surface area contributed by atoms with Gasteiger partial charge in [0.2, 0.25) is 5.91 Å². The molecule has 26 heavy (non-hydrogen) atoms. The van der Waals surface area contributed by atoms with E-state index in [9.17, 15) is 14.4 Å². The van der Waals surface area contributed by atoms with E-state index in [-0.39, 0.29) is 18.0 Å². The summed E-state index contributed by atoms with van der Waals surface area (Å²) in [6.07, 6.45) is 2.23. The summed E-state index contributed by atoms with van der Waals surface area (Å²) in [5, 5.41) is 3.08. The van der Waals surface area contributed by atoms with Gasteiger partial charge in [-0.1, -0.05) is 19.1 Å². The van der Waals surface area contributed by atoms with E-state index in [1.54, 1.807) is 6.92 Å². The fourth-order valence-electron chi connectivity index (χ4n) is 2.69. The van der Waals surface area contributed by atoms with Crippen molar-refractivity contribution in [2.75, 3.05) is 5.32 Å². The van der Waals surface area contributed by atoms with E-state index in [2.05, 4.69) is 17.2 Å². The number of anilines is 1. The fraction of sp³-hybridized carbons (Fsp3) is 0.222. The van der Waals surface area contributed by atoms with E-state index in [1.807, 2.05) is 24.3 Å². The summed E-state index contributed by atoms with van der Waals surface area (Å²) in [5.41, 5.74) is 7.29. The van der Waals surface area contributed by atoms with Crippen molar-refractivity contribution < 1.29 is 9.59 Å². The lowest BCUT2D eigenvalue weighted by atomic mass is 10.1. The number of carbonyl (C=O) groups is 2. The molecule has 3 aromatic rings. The second-order valence-electron chi connectivity index (χ2n) is 5.88. The van der Waals surface area contributed by atoms with Crippen LogP contribution in [0.5, 0.6) is 0 Å². The molecule has 0 aliphatic heterocycles. The number of aromatic nitrogens is 2. The van der Waals surface area contributed by atoms with Gasteiger partial charge < -0.3 is 11.1 Å². The molecule has 7 nitrogen and oxygen atoms in total. The van der Waals surface area contributed by atoms with Gasteiger partial charge in [0.05, 0.1) is 16.6 Å². The summed E-state index contributed by atoms with van der Waals surface area (Å²) in [6, 6.07) is 7.52. The van der Waals surface area contributed by atoms with Crippen LogP contribution in [0.2, 0.25) is 0 Å². The predicted octanol–water partition coefficient (Wildman–Crippen LogP) is 2.07. The number of primary amides is 1. The summed E-state index contributed by atoms with van der Waals surface area (Å²) < 4.78 is 1.22. The van der Waals surface area contributed by atoms with Crippen molar-refractivity contribution in [2.24, 2.45) is 5.73 Å². The van der Waals surface area contributed by atoms with E-state index < -0.39 is 5.91 Å². The number of hydrogen-bond acceptors (Lipinski definition) is 5. The van der Waals surface area contributed by atoms with Gasteiger partial charge in [0.25, 0.3) is 11.5 Å². The van der Waals surface area contributed by atoms with Crippen molar-refractivity contribution in [1.29, 1.82) is 0 Å². The van der Waals surface area contributed by atoms with Crippen molar-refractivity contribution in [2.45, 2.75) is 26.8 Å². The maximum Gasteiger partial charge on any atom is 0.262 e. The Balaban J connectivity index is 1.85. The van der Waals surface area contributed by atoms with Crippen molar-refractivity contribution >= 4 is 39.1 Å². The van der Waals surface area contributed by atoms with Crippen LogP contribution in [0.25, 0.3) is 10.2 Å². The number of fused-ring (bicyclic) bond motifs is 1. The molecule has 0 unspecified atom stereocenters. The van der Waals surface area contributed by atoms with Gasteiger partial charge in [-0.25, -0.2) is 4.98 Å². The molecule has 0 saturated heterocycles. The minimum atomic E-state index is -0.593. The van der Waals surface area contributed by atoms with E-state index in [4.69, 9.17) is 5.73 Å². The Bertz CT molecular complexity index is 1050. The standard InChI is InChI=1S/C18H18N4O3S/c1-3-11-4-6-12(7-5-11)21-13(23)8-22-9-20-17-14(18(22)25)10(2)15(26-17)16(19)24/h4-7,9H,3,8H2,1-2H3,(H2,19,24)(H,21,23). The van der Waals surface area contributed by atoms with Crippen molar-refractivity contribution in [3.8, 4) is 0 Å². The molecule has 3 rings (SSSR count). The summed E-state index contributed by atoms with van der Waals surface area (Å²) in [7, 11) is 0.